The first kappa shape index (κ1) is 33.8. The number of fused-ring (bicyclic) bond motifs is 1. The van der Waals surface area contributed by atoms with Gasteiger partial charge in [0.2, 0.25) is 10.0 Å². The molecule has 2 atom stereocenters. The van der Waals surface area contributed by atoms with Crippen molar-refractivity contribution in [3.05, 3.63) is 105 Å². The molecule has 0 saturated heterocycles. The number of nitrogens with zero attached hydrogens (tertiary/aromatic N) is 4. The highest BCUT2D eigenvalue weighted by molar-refractivity contribution is 9.10. The van der Waals surface area contributed by atoms with E-state index < -0.39 is 27.5 Å². The van der Waals surface area contributed by atoms with Crippen molar-refractivity contribution in [2.75, 3.05) is 13.7 Å². The molecule has 0 amide bonds. The Morgan fingerprint density at radius 3 is 2.63 bits per heavy atom. The Bertz CT molecular complexity index is 1810. The summed E-state index contributed by atoms with van der Waals surface area (Å²) in [5.74, 6) is -0.0724. The van der Waals surface area contributed by atoms with Crippen molar-refractivity contribution >= 4 is 31.9 Å². The largest absolute Gasteiger partial charge is 0.488 e. The Morgan fingerprint density at radius 2 is 1.89 bits per heavy atom. The molecule has 0 saturated carbocycles. The van der Waals surface area contributed by atoms with Crippen molar-refractivity contribution < 1.29 is 27.4 Å². The molecule has 4 aromatic rings. The molecule has 46 heavy (non-hydrogen) atoms. The second kappa shape index (κ2) is 14.0. The highest BCUT2D eigenvalue weighted by Crippen LogP contribution is 2.40. The van der Waals surface area contributed by atoms with Crippen LogP contribution in [0.15, 0.2) is 82.3 Å². The molecule has 12 heteroatoms. The van der Waals surface area contributed by atoms with Gasteiger partial charge in [0.05, 0.1) is 44.5 Å². The predicted octanol–water partition coefficient (Wildman–Crippen LogP) is 6.22. The van der Waals surface area contributed by atoms with Gasteiger partial charge in [-0.25, -0.2) is 13.1 Å². The van der Waals surface area contributed by atoms with Crippen LogP contribution in [0, 0.1) is 12.3 Å². The maximum Gasteiger partial charge on any atom is 0.314 e. The lowest BCUT2D eigenvalue weighted by Crippen LogP contribution is -2.37. The lowest BCUT2D eigenvalue weighted by atomic mass is 9.81. The number of hydrogen-bond acceptors (Lipinski definition) is 8. The second-order valence-corrected chi connectivity index (χ2v) is 14.8. The van der Waals surface area contributed by atoms with Crippen LogP contribution in [0.1, 0.15) is 61.2 Å². The maximum atomic E-state index is 13.8. The SMILES string of the molecule is CC[C@@H]1CN(Cc2cc(C(OCc3cn(Cc4cccc(Br)c4)nn3)C(C)(C)C(=O)OC)ccc2C)S(=O)(=O)c2ccccc2O1. The number of rotatable bonds is 11. The van der Waals surface area contributed by atoms with Crippen LogP contribution in [-0.2, 0) is 44.0 Å². The normalized spacial score (nSPS) is 17.0. The van der Waals surface area contributed by atoms with Gasteiger partial charge in [-0.1, -0.05) is 70.5 Å². The summed E-state index contributed by atoms with van der Waals surface area (Å²) in [6.45, 7) is 8.44. The van der Waals surface area contributed by atoms with Crippen molar-refractivity contribution in [3.63, 3.8) is 0 Å². The Labute approximate surface area is 278 Å². The number of esters is 1. The number of para-hydroxylation sites is 1. The number of methoxy groups -OCH3 is 1. The standard InChI is InChI=1S/C34H39BrN4O6S/c1-6-29-21-39(46(41,42)31-13-8-7-12-30(31)45-29)19-26-17-25(15-14-23(26)2)32(34(3,4)33(40)43-5)44-22-28-20-38(37-36-28)18-24-10-9-11-27(35)16-24/h7-17,20,29,32H,6,18-19,21-22H2,1-5H3/t29-,32?/m1/s1. The predicted molar refractivity (Wildman–Crippen MR) is 177 cm³/mol. The van der Waals surface area contributed by atoms with Crippen molar-refractivity contribution in [1.82, 2.24) is 19.3 Å². The monoisotopic (exact) mass is 710 g/mol. The molecule has 244 valence electrons. The summed E-state index contributed by atoms with van der Waals surface area (Å²) in [5, 5.41) is 8.54. The zero-order valence-electron chi connectivity index (χ0n) is 26.6. The molecular weight excluding hydrogens is 672 g/mol. The van der Waals surface area contributed by atoms with E-state index in [2.05, 4.69) is 26.2 Å². The molecule has 5 rings (SSSR count). The number of aromatic nitrogens is 3. The Morgan fingerprint density at radius 1 is 1.11 bits per heavy atom. The molecule has 0 N–H and O–H groups in total. The van der Waals surface area contributed by atoms with E-state index in [9.17, 15) is 13.2 Å². The number of halogens is 1. The van der Waals surface area contributed by atoms with E-state index in [-0.39, 0.29) is 30.7 Å². The molecule has 2 heterocycles. The molecule has 3 aromatic carbocycles. The highest BCUT2D eigenvalue weighted by atomic mass is 79.9. The molecule has 0 spiro atoms. The second-order valence-electron chi connectivity index (χ2n) is 12.0. The molecule has 0 radical (unpaired) electrons. The van der Waals surface area contributed by atoms with Crippen LogP contribution in [0.5, 0.6) is 5.75 Å². The van der Waals surface area contributed by atoms with E-state index in [1.54, 1.807) is 42.8 Å². The Balaban J connectivity index is 1.42. The van der Waals surface area contributed by atoms with Crippen LogP contribution in [0.2, 0.25) is 0 Å². The van der Waals surface area contributed by atoms with Crippen LogP contribution in [-0.4, -0.2) is 53.4 Å². The lowest BCUT2D eigenvalue weighted by molar-refractivity contribution is -0.162. The van der Waals surface area contributed by atoms with Crippen molar-refractivity contribution in [2.45, 2.75) is 70.9 Å². The fraction of sp³-hybridized carbons (Fsp3) is 0.382. The Hall–Kier alpha value is -3.58. The fourth-order valence-corrected chi connectivity index (χ4v) is 7.60. The van der Waals surface area contributed by atoms with E-state index >= 15 is 0 Å². The summed E-state index contributed by atoms with van der Waals surface area (Å²) >= 11 is 3.50. The number of carbonyl (C=O) groups excluding carboxylic acids is 1. The first-order chi connectivity index (χ1) is 21.9. The smallest absolute Gasteiger partial charge is 0.314 e. The van der Waals surface area contributed by atoms with E-state index in [1.807, 2.05) is 62.5 Å². The summed E-state index contributed by atoms with van der Waals surface area (Å²) in [7, 11) is -2.49. The minimum Gasteiger partial charge on any atom is -0.488 e. The van der Waals surface area contributed by atoms with Crippen molar-refractivity contribution in [2.24, 2.45) is 5.41 Å². The van der Waals surface area contributed by atoms with E-state index in [1.165, 1.54) is 11.4 Å². The third-order valence-electron chi connectivity index (χ3n) is 8.23. The minimum atomic E-state index is -3.84. The zero-order valence-corrected chi connectivity index (χ0v) is 29.0. The number of sulfonamides is 1. The number of hydrogen-bond donors (Lipinski definition) is 0. The molecule has 1 aliphatic heterocycles. The molecule has 0 fully saturated rings. The maximum absolute atomic E-state index is 13.8. The minimum absolute atomic E-state index is 0.0968. The average Bonchev–Trinajstić information content (AvgIpc) is 3.43. The third-order valence-corrected chi connectivity index (χ3v) is 10.6. The van der Waals surface area contributed by atoms with Crippen LogP contribution in [0.3, 0.4) is 0 Å². The van der Waals surface area contributed by atoms with Gasteiger partial charge < -0.3 is 14.2 Å². The van der Waals surface area contributed by atoms with Gasteiger partial charge >= 0.3 is 5.97 Å². The quantitative estimate of drug-likeness (QED) is 0.169. The summed E-state index contributed by atoms with van der Waals surface area (Å²) in [5.41, 5.74) is 3.01. The van der Waals surface area contributed by atoms with Gasteiger partial charge in [0.25, 0.3) is 0 Å². The van der Waals surface area contributed by atoms with Crippen LogP contribution >= 0.6 is 15.9 Å². The van der Waals surface area contributed by atoms with Crippen LogP contribution in [0.25, 0.3) is 0 Å². The molecule has 1 unspecified atom stereocenters. The molecule has 10 nitrogen and oxygen atoms in total. The van der Waals surface area contributed by atoms with Gasteiger partial charge in [-0.05, 0) is 73.7 Å². The third kappa shape index (κ3) is 7.35. The fourth-order valence-electron chi connectivity index (χ4n) is 5.58. The van der Waals surface area contributed by atoms with Gasteiger partial charge in [-0.2, -0.15) is 4.31 Å². The number of ether oxygens (including phenoxy) is 3. The van der Waals surface area contributed by atoms with Crippen LogP contribution < -0.4 is 4.74 Å². The van der Waals surface area contributed by atoms with Crippen molar-refractivity contribution in [1.29, 1.82) is 0 Å². The number of carbonyl (C=O) groups is 1. The summed E-state index contributed by atoms with van der Waals surface area (Å²) in [6.07, 6.45) is 1.43. The number of aryl methyl sites for hydroxylation is 1. The van der Waals surface area contributed by atoms with E-state index in [4.69, 9.17) is 14.2 Å². The topological polar surface area (TPSA) is 113 Å². The van der Waals surface area contributed by atoms with Gasteiger partial charge in [-0.3, -0.25) is 4.79 Å². The van der Waals surface area contributed by atoms with Crippen LogP contribution in [0.4, 0.5) is 0 Å². The Kier molecular flexibility index (Phi) is 10.3. The first-order valence-corrected chi connectivity index (χ1v) is 17.3. The van der Waals surface area contributed by atoms with E-state index in [0.29, 0.717) is 30.0 Å². The van der Waals surface area contributed by atoms with Gasteiger partial charge in [-0.15, -0.1) is 5.10 Å². The molecule has 0 aliphatic carbocycles. The average molecular weight is 712 g/mol. The molecule has 1 aliphatic rings. The lowest BCUT2D eigenvalue weighted by Gasteiger charge is -2.32. The summed E-state index contributed by atoms with van der Waals surface area (Å²) < 4.78 is 49.6. The van der Waals surface area contributed by atoms with Gasteiger partial charge in [0.15, 0.2) is 0 Å². The first-order valence-electron chi connectivity index (χ1n) is 15.1. The number of benzene rings is 3. The molecule has 0 bridgehead atoms. The zero-order chi connectivity index (χ0) is 33.1. The van der Waals surface area contributed by atoms with Gasteiger partial charge in [0.1, 0.15) is 22.4 Å². The van der Waals surface area contributed by atoms with E-state index in [0.717, 1.165) is 21.2 Å². The molecular formula is C34H39BrN4O6S. The summed E-state index contributed by atoms with van der Waals surface area (Å²) in [6, 6.07) is 20.5. The summed E-state index contributed by atoms with van der Waals surface area (Å²) in [4.78, 5) is 13.2. The molecule has 1 aromatic heterocycles. The highest BCUT2D eigenvalue weighted by Gasteiger charge is 2.41. The van der Waals surface area contributed by atoms with Crippen molar-refractivity contribution in [3.8, 4) is 5.75 Å². The van der Waals surface area contributed by atoms with Gasteiger partial charge in [0, 0.05) is 11.0 Å².